The molecule has 0 spiro atoms. The fourth-order valence-electron chi connectivity index (χ4n) is 8.50. The number of hydrogen-bond donors (Lipinski definition) is 0. The summed E-state index contributed by atoms with van der Waals surface area (Å²) in [6, 6.07) is 76.5. The Morgan fingerprint density at radius 3 is 1.66 bits per heavy atom. The Labute approximate surface area is 325 Å². The second-order valence-corrected chi connectivity index (χ2v) is 14.5. The van der Waals surface area contributed by atoms with E-state index in [2.05, 4.69) is 217 Å². The van der Waals surface area contributed by atoms with Gasteiger partial charge < -0.3 is 9.32 Å². The van der Waals surface area contributed by atoms with Crippen LogP contribution in [0.4, 0.5) is 17.1 Å². The third kappa shape index (κ3) is 5.42. The summed E-state index contributed by atoms with van der Waals surface area (Å²) in [6.45, 7) is 0. The molecule has 11 aromatic rings. The summed E-state index contributed by atoms with van der Waals surface area (Å²) >= 11 is 0. The van der Waals surface area contributed by atoms with Crippen LogP contribution >= 0.6 is 0 Å². The molecule has 0 atom stereocenters. The van der Waals surface area contributed by atoms with Crippen molar-refractivity contribution < 1.29 is 4.42 Å². The average Bonchev–Trinajstić information content (AvgIpc) is 3.63. The van der Waals surface area contributed by atoms with E-state index in [1.165, 1.54) is 54.6 Å². The van der Waals surface area contributed by atoms with E-state index >= 15 is 0 Å². The zero-order chi connectivity index (χ0) is 37.0. The zero-order valence-electron chi connectivity index (χ0n) is 30.6. The fourth-order valence-corrected chi connectivity index (χ4v) is 8.50. The maximum atomic E-state index is 6.53. The lowest BCUT2D eigenvalue weighted by Gasteiger charge is -2.28. The largest absolute Gasteiger partial charge is 0.456 e. The highest BCUT2D eigenvalue weighted by Gasteiger charge is 2.21. The van der Waals surface area contributed by atoms with Gasteiger partial charge in [-0.3, -0.25) is 0 Å². The van der Waals surface area contributed by atoms with Crippen LogP contribution in [-0.2, 0) is 0 Å². The van der Waals surface area contributed by atoms with Crippen molar-refractivity contribution in [3.05, 3.63) is 212 Å². The Morgan fingerprint density at radius 2 is 0.857 bits per heavy atom. The maximum absolute atomic E-state index is 6.53. The van der Waals surface area contributed by atoms with Crippen LogP contribution in [-0.4, -0.2) is 0 Å². The van der Waals surface area contributed by atoms with Crippen molar-refractivity contribution in [2.24, 2.45) is 0 Å². The van der Waals surface area contributed by atoms with Gasteiger partial charge in [-0.1, -0.05) is 164 Å². The Balaban J connectivity index is 1.04. The van der Waals surface area contributed by atoms with E-state index in [-0.39, 0.29) is 0 Å². The van der Waals surface area contributed by atoms with Crippen molar-refractivity contribution in [2.45, 2.75) is 0 Å². The normalized spacial score (nSPS) is 11.6. The lowest BCUT2D eigenvalue weighted by Crippen LogP contribution is -2.11. The van der Waals surface area contributed by atoms with Gasteiger partial charge in [-0.25, -0.2) is 0 Å². The van der Waals surface area contributed by atoms with Gasteiger partial charge in [-0.2, -0.15) is 0 Å². The van der Waals surface area contributed by atoms with Crippen molar-refractivity contribution in [3.8, 4) is 33.4 Å². The monoisotopic (exact) mass is 713 g/mol. The average molecular weight is 714 g/mol. The number of benzene rings is 10. The highest BCUT2D eigenvalue weighted by molar-refractivity contribution is 6.16. The van der Waals surface area contributed by atoms with Gasteiger partial charge in [-0.05, 0) is 109 Å². The molecular weight excluding hydrogens is 679 g/mol. The quantitative estimate of drug-likeness (QED) is 0.171. The first kappa shape index (κ1) is 32.0. The number of rotatable bonds is 6. The van der Waals surface area contributed by atoms with Crippen LogP contribution in [0.25, 0.3) is 87.6 Å². The summed E-state index contributed by atoms with van der Waals surface area (Å²) in [5.41, 5.74) is 12.2. The molecule has 0 bridgehead atoms. The third-order valence-electron chi connectivity index (χ3n) is 11.2. The molecule has 0 aliphatic rings. The summed E-state index contributed by atoms with van der Waals surface area (Å²) in [4.78, 5) is 2.39. The predicted molar refractivity (Wildman–Crippen MR) is 237 cm³/mol. The number of anilines is 3. The minimum absolute atomic E-state index is 0.885. The first-order valence-corrected chi connectivity index (χ1v) is 19.2. The molecule has 0 saturated heterocycles. The van der Waals surface area contributed by atoms with Gasteiger partial charge in [-0.15, -0.1) is 0 Å². The van der Waals surface area contributed by atoms with E-state index < -0.39 is 0 Å². The lowest BCUT2D eigenvalue weighted by molar-refractivity contribution is 0.669. The van der Waals surface area contributed by atoms with Crippen molar-refractivity contribution in [2.75, 3.05) is 4.90 Å². The van der Waals surface area contributed by atoms with E-state index in [0.29, 0.717) is 0 Å². The van der Waals surface area contributed by atoms with Gasteiger partial charge in [0.25, 0.3) is 0 Å². The molecule has 0 unspecified atom stereocenters. The standard InChI is InChI=1S/C54H35NO/c1-2-13-41-33-45(32-29-36(41)11-1)55(44-30-27-38(28-31-44)37-23-25-40(26-24-37)47-19-9-16-39-12-5-6-17-46(39)47)51-21-8-7-18-48(51)49-20-10-22-52-54(49)50-34-42-14-3-4-15-43(42)35-53(50)56-52/h1-35H. The summed E-state index contributed by atoms with van der Waals surface area (Å²) in [7, 11) is 0. The highest BCUT2D eigenvalue weighted by atomic mass is 16.3. The second-order valence-electron chi connectivity index (χ2n) is 14.5. The smallest absolute Gasteiger partial charge is 0.136 e. The molecule has 11 rings (SSSR count). The Kier molecular flexibility index (Phi) is 7.53. The van der Waals surface area contributed by atoms with E-state index in [1.807, 2.05) is 0 Å². The molecule has 0 aliphatic heterocycles. The van der Waals surface area contributed by atoms with E-state index in [0.717, 1.165) is 50.1 Å². The van der Waals surface area contributed by atoms with Gasteiger partial charge >= 0.3 is 0 Å². The number of hydrogen-bond acceptors (Lipinski definition) is 2. The van der Waals surface area contributed by atoms with Gasteiger partial charge in [0.15, 0.2) is 0 Å². The summed E-state index contributed by atoms with van der Waals surface area (Å²) in [5, 5.41) is 9.56. The summed E-state index contributed by atoms with van der Waals surface area (Å²) < 4.78 is 6.53. The van der Waals surface area contributed by atoms with Crippen LogP contribution in [0.1, 0.15) is 0 Å². The van der Waals surface area contributed by atoms with E-state index in [9.17, 15) is 0 Å². The number of fused-ring (bicyclic) bond motifs is 6. The molecule has 1 heterocycles. The number of para-hydroxylation sites is 1. The van der Waals surface area contributed by atoms with Gasteiger partial charge in [0, 0.05) is 27.7 Å². The van der Waals surface area contributed by atoms with E-state index in [4.69, 9.17) is 4.42 Å². The molecular formula is C54H35NO. The minimum Gasteiger partial charge on any atom is -0.456 e. The van der Waals surface area contributed by atoms with Crippen LogP contribution < -0.4 is 4.90 Å². The molecule has 0 fully saturated rings. The minimum atomic E-state index is 0.885. The first-order chi connectivity index (χ1) is 27.7. The van der Waals surface area contributed by atoms with Gasteiger partial charge in [0.05, 0.1) is 5.69 Å². The lowest BCUT2D eigenvalue weighted by atomic mass is 9.95. The molecule has 2 heteroatoms. The number of nitrogens with zero attached hydrogens (tertiary/aromatic N) is 1. The topological polar surface area (TPSA) is 16.4 Å². The van der Waals surface area contributed by atoms with Crippen LogP contribution in [0.3, 0.4) is 0 Å². The first-order valence-electron chi connectivity index (χ1n) is 19.2. The zero-order valence-corrected chi connectivity index (χ0v) is 30.6. The Bertz CT molecular complexity index is 3240. The molecule has 0 N–H and O–H groups in total. The van der Waals surface area contributed by atoms with Crippen LogP contribution in [0.2, 0.25) is 0 Å². The van der Waals surface area contributed by atoms with Crippen LogP contribution in [0.5, 0.6) is 0 Å². The molecule has 1 aromatic heterocycles. The molecule has 0 radical (unpaired) electrons. The fraction of sp³-hybridized carbons (Fsp3) is 0. The van der Waals surface area contributed by atoms with Crippen LogP contribution in [0, 0.1) is 0 Å². The maximum Gasteiger partial charge on any atom is 0.136 e. The molecule has 0 aliphatic carbocycles. The molecule has 0 amide bonds. The predicted octanol–water partition coefficient (Wildman–Crippen LogP) is 15.5. The SMILES string of the molecule is c1ccc(N(c2ccc(-c3ccc(-c4cccc5ccccc45)cc3)cc2)c2ccc3ccccc3c2)c(-c2cccc3oc4cc5ccccc5cc4c23)c1. The Morgan fingerprint density at radius 1 is 0.304 bits per heavy atom. The van der Waals surface area contributed by atoms with Crippen LogP contribution in [0.15, 0.2) is 217 Å². The van der Waals surface area contributed by atoms with Crippen molar-refractivity contribution >= 4 is 71.3 Å². The van der Waals surface area contributed by atoms with E-state index in [1.54, 1.807) is 0 Å². The van der Waals surface area contributed by atoms with Crippen molar-refractivity contribution in [1.82, 2.24) is 0 Å². The molecule has 56 heavy (non-hydrogen) atoms. The molecule has 10 aromatic carbocycles. The molecule has 262 valence electrons. The third-order valence-corrected chi connectivity index (χ3v) is 11.2. The number of furan rings is 1. The van der Waals surface area contributed by atoms with Gasteiger partial charge in [0.2, 0.25) is 0 Å². The Hall–Kier alpha value is -7.42. The second kappa shape index (κ2) is 13.2. The highest BCUT2D eigenvalue weighted by Crippen LogP contribution is 2.46. The van der Waals surface area contributed by atoms with Gasteiger partial charge in [0.1, 0.15) is 11.2 Å². The van der Waals surface area contributed by atoms with Crippen molar-refractivity contribution in [3.63, 3.8) is 0 Å². The molecule has 0 saturated carbocycles. The molecule has 2 nitrogen and oxygen atoms in total. The summed E-state index contributed by atoms with van der Waals surface area (Å²) in [5.74, 6) is 0. The van der Waals surface area contributed by atoms with Crippen molar-refractivity contribution in [1.29, 1.82) is 0 Å². The summed E-state index contributed by atoms with van der Waals surface area (Å²) in [6.07, 6.45) is 0.